The number of sulfone groups is 1. The van der Waals surface area contributed by atoms with Gasteiger partial charge in [0.05, 0.1) is 15.3 Å². The zero-order valence-electron chi connectivity index (χ0n) is 9.65. The summed E-state index contributed by atoms with van der Waals surface area (Å²) in [7, 11) is -2.84. The molecule has 1 aromatic heterocycles. The molecule has 96 valence electrons. The summed E-state index contributed by atoms with van der Waals surface area (Å²) in [5, 5.41) is 3.07. The molecule has 2 rings (SSSR count). The summed E-state index contributed by atoms with van der Waals surface area (Å²) in [4.78, 5) is 1.14. The van der Waals surface area contributed by atoms with Crippen molar-refractivity contribution < 1.29 is 8.42 Å². The molecule has 0 aromatic carbocycles. The van der Waals surface area contributed by atoms with Crippen molar-refractivity contribution in [2.75, 3.05) is 12.3 Å². The maximum absolute atomic E-state index is 11.7. The lowest BCUT2D eigenvalue weighted by atomic mass is 10.2. The average molecular weight is 294 g/mol. The van der Waals surface area contributed by atoms with Gasteiger partial charge in [-0.05, 0) is 31.9 Å². The fourth-order valence-corrected chi connectivity index (χ4v) is 4.92. The fourth-order valence-electron chi connectivity index (χ4n) is 2.06. The Morgan fingerprint density at radius 2 is 2.35 bits per heavy atom. The van der Waals surface area contributed by atoms with E-state index in [0.29, 0.717) is 12.3 Å². The molecule has 0 bridgehead atoms. The lowest BCUT2D eigenvalue weighted by molar-refractivity contribution is 0.542. The van der Waals surface area contributed by atoms with Crippen LogP contribution in [0.25, 0.3) is 0 Å². The minimum absolute atomic E-state index is 0.156. The second-order valence-electron chi connectivity index (χ2n) is 4.40. The van der Waals surface area contributed by atoms with Gasteiger partial charge in [0.15, 0.2) is 9.84 Å². The SMILES string of the molecule is CC(NCC1CCCS1(=O)=O)c1ccc(Cl)s1. The van der Waals surface area contributed by atoms with E-state index in [1.807, 2.05) is 19.1 Å². The minimum atomic E-state index is -2.84. The monoisotopic (exact) mass is 293 g/mol. The predicted octanol–water partition coefficient (Wildman–Crippen LogP) is 2.63. The van der Waals surface area contributed by atoms with Gasteiger partial charge >= 0.3 is 0 Å². The van der Waals surface area contributed by atoms with Crippen molar-refractivity contribution in [1.29, 1.82) is 0 Å². The van der Waals surface area contributed by atoms with Gasteiger partial charge in [0.1, 0.15) is 0 Å². The number of nitrogens with one attached hydrogen (secondary N) is 1. The third-order valence-corrected chi connectivity index (χ3v) is 6.82. The molecular weight excluding hydrogens is 278 g/mol. The highest BCUT2D eigenvalue weighted by Crippen LogP contribution is 2.27. The van der Waals surface area contributed by atoms with Crippen LogP contribution in [0.3, 0.4) is 0 Å². The molecule has 0 amide bonds. The van der Waals surface area contributed by atoms with E-state index < -0.39 is 9.84 Å². The molecule has 6 heteroatoms. The number of hydrogen-bond acceptors (Lipinski definition) is 4. The smallest absolute Gasteiger partial charge is 0.154 e. The zero-order chi connectivity index (χ0) is 12.5. The van der Waals surface area contributed by atoms with Crippen molar-refractivity contribution in [2.24, 2.45) is 0 Å². The van der Waals surface area contributed by atoms with Gasteiger partial charge < -0.3 is 5.32 Å². The average Bonchev–Trinajstić information content (AvgIpc) is 2.81. The van der Waals surface area contributed by atoms with Crippen molar-refractivity contribution in [1.82, 2.24) is 5.32 Å². The van der Waals surface area contributed by atoms with E-state index in [2.05, 4.69) is 5.32 Å². The fraction of sp³-hybridized carbons (Fsp3) is 0.636. The summed E-state index contributed by atoms with van der Waals surface area (Å²) >= 11 is 7.40. The second kappa shape index (κ2) is 5.26. The van der Waals surface area contributed by atoms with Gasteiger partial charge in [-0.25, -0.2) is 8.42 Å². The summed E-state index contributed by atoms with van der Waals surface area (Å²) in [6.07, 6.45) is 1.58. The number of thiophene rings is 1. The highest BCUT2D eigenvalue weighted by Gasteiger charge is 2.31. The van der Waals surface area contributed by atoms with Crippen LogP contribution in [0, 0.1) is 0 Å². The molecule has 3 nitrogen and oxygen atoms in total. The summed E-state index contributed by atoms with van der Waals surface area (Å²) in [5.41, 5.74) is 0. The molecule has 0 radical (unpaired) electrons. The standard InChI is InChI=1S/C11H16ClNO2S2/c1-8(10-4-5-11(12)16-10)13-7-9-3-2-6-17(9,14)15/h4-5,8-9,13H,2-3,6-7H2,1H3. The number of rotatable bonds is 4. The molecule has 1 aliphatic heterocycles. The largest absolute Gasteiger partial charge is 0.308 e. The maximum Gasteiger partial charge on any atom is 0.154 e. The van der Waals surface area contributed by atoms with Crippen LogP contribution in [-0.2, 0) is 9.84 Å². The van der Waals surface area contributed by atoms with Gasteiger partial charge in [0.2, 0.25) is 0 Å². The Kier molecular flexibility index (Phi) is 4.13. The molecule has 1 fully saturated rings. The van der Waals surface area contributed by atoms with Crippen LogP contribution in [0.4, 0.5) is 0 Å². The highest BCUT2D eigenvalue weighted by molar-refractivity contribution is 7.92. The van der Waals surface area contributed by atoms with Gasteiger partial charge in [-0.3, -0.25) is 0 Å². The molecule has 0 aliphatic carbocycles. The van der Waals surface area contributed by atoms with E-state index >= 15 is 0 Å². The summed E-state index contributed by atoms with van der Waals surface area (Å²) in [5.74, 6) is 0.346. The third kappa shape index (κ3) is 3.22. The molecule has 2 heterocycles. The Hall–Kier alpha value is -0.100. The quantitative estimate of drug-likeness (QED) is 0.928. The van der Waals surface area contributed by atoms with Crippen LogP contribution in [0.15, 0.2) is 12.1 Å². The Bertz CT molecular complexity index is 483. The first-order chi connectivity index (χ1) is 7.99. The molecule has 1 N–H and O–H groups in total. The molecule has 0 spiro atoms. The molecule has 2 atom stereocenters. The molecule has 1 saturated heterocycles. The summed E-state index contributed by atoms with van der Waals surface area (Å²) in [6.45, 7) is 2.57. The van der Waals surface area contributed by atoms with Gasteiger partial charge in [-0.2, -0.15) is 0 Å². The van der Waals surface area contributed by atoms with E-state index in [-0.39, 0.29) is 11.3 Å². The van der Waals surface area contributed by atoms with E-state index in [4.69, 9.17) is 11.6 Å². The van der Waals surface area contributed by atoms with Gasteiger partial charge in [-0.15, -0.1) is 11.3 Å². The van der Waals surface area contributed by atoms with Gasteiger partial charge in [-0.1, -0.05) is 11.6 Å². The third-order valence-electron chi connectivity index (χ3n) is 3.14. The summed E-state index contributed by atoms with van der Waals surface area (Å²) in [6, 6.07) is 4.00. The topological polar surface area (TPSA) is 46.2 Å². The van der Waals surface area contributed by atoms with E-state index in [0.717, 1.165) is 22.1 Å². The summed E-state index contributed by atoms with van der Waals surface area (Å²) < 4.78 is 24.1. The lowest BCUT2D eigenvalue weighted by Gasteiger charge is -2.15. The first-order valence-corrected chi connectivity index (χ1v) is 8.60. The first kappa shape index (κ1) is 13.3. The highest BCUT2D eigenvalue weighted by atomic mass is 35.5. The minimum Gasteiger partial charge on any atom is -0.308 e. The molecule has 2 unspecified atom stereocenters. The molecule has 0 saturated carbocycles. The van der Waals surface area contributed by atoms with Crippen molar-refractivity contribution in [2.45, 2.75) is 31.1 Å². The number of halogens is 1. The predicted molar refractivity (Wildman–Crippen MR) is 72.6 cm³/mol. The van der Waals surface area contributed by atoms with Gasteiger partial charge in [0.25, 0.3) is 0 Å². The van der Waals surface area contributed by atoms with Crippen LogP contribution in [0.5, 0.6) is 0 Å². The molecule has 1 aliphatic rings. The second-order valence-corrected chi connectivity index (χ2v) is 8.55. The Labute approximate surface area is 111 Å². The van der Waals surface area contributed by atoms with Crippen LogP contribution in [-0.4, -0.2) is 26.0 Å². The Morgan fingerprint density at radius 3 is 2.88 bits per heavy atom. The number of hydrogen-bond donors (Lipinski definition) is 1. The van der Waals surface area contributed by atoms with Crippen molar-refractivity contribution in [3.8, 4) is 0 Å². The van der Waals surface area contributed by atoms with Crippen molar-refractivity contribution in [3.05, 3.63) is 21.3 Å². The van der Waals surface area contributed by atoms with Crippen molar-refractivity contribution in [3.63, 3.8) is 0 Å². The van der Waals surface area contributed by atoms with Crippen LogP contribution in [0.2, 0.25) is 4.34 Å². The van der Waals surface area contributed by atoms with Crippen LogP contribution < -0.4 is 5.32 Å². The molecule has 1 aromatic rings. The normalized spacial score (nSPS) is 24.9. The molecular formula is C11H16ClNO2S2. The molecule has 17 heavy (non-hydrogen) atoms. The van der Waals surface area contributed by atoms with E-state index in [1.54, 1.807) is 0 Å². The van der Waals surface area contributed by atoms with Crippen LogP contribution in [0.1, 0.15) is 30.7 Å². The zero-order valence-corrected chi connectivity index (χ0v) is 12.0. The van der Waals surface area contributed by atoms with Crippen molar-refractivity contribution >= 4 is 32.8 Å². The van der Waals surface area contributed by atoms with Gasteiger partial charge in [0, 0.05) is 17.5 Å². The van der Waals surface area contributed by atoms with E-state index in [9.17, 15) is 8.42 Å². The lowest BCUT2D eigenvalue weighted by Crippen LogP contribution is -2.31. The van der Waals surface area contributed by atoms with E-state index in [1.165, 1.54) is 11.3 Å². The Morgan fingerprint density at radius 1 is 1.59 bits per heavy atom. The van der Waals surface area contributed by atoms with Crippen LogP contribution >= 0.6 is 22.9 Å². The Balaban J connectivity index is 1.90. The maximum atomic E-state index is 11.7. The first-order valence-electron chi connectivity index (χ1n) is 5.69.